The molecule has 0 aliphatic rings. The minimum atomic E-state index is -0.558. The number of hydrogen-bond donors (Lipinski definition) is 1. The predicted molar refractivity (Wildman–Crippen MR) is 80.5 cm³/mol. The summed E-state index contributed by atoms with van der Waals surface area (Å²) in [5.74, 6) is -0.458. The molecule has 0 spiro atoms. The topological polar surface area (TPSA) is 108 Å². The Labute approximate surface area is 126 Å². The van der Waals surface area contributed by atoms with Crippen molar-refractivity contribution >= 4 is 17.5 Å². The first-order chi connectivity index (χ1) is 10.5. The van der Waals surface area contributed by atoms with E-state index in [1.807, 2.05) is 12.1 Å². The molecule has 1 aromatic carbocycles. The Kier molecular flexibility index (Phi) is 4.67. The van der Waals surface area contributed by atoms with Crippen molar-refractivity contribution in [2.24, 2.45) is 0 Å². The second-order valence-electron chi connectivity index (χ2n) is 4.65. The van der Waals surface area contributed by atoms with Crippen LogP contribution < -0.4 is 5.73 Å². The maximum atomic E-state index is 11.3. The summed E-state index contributed by atoms with van der Waals surface area (Å²) in [5.41, 5.74) is 7.56. The summed E-state index contributed by atoms with van der Waals surface area (Å²) >= 11 is 0. The van der Waals surface area contributed by atoms with Gasteiger partial charge in [-0.05, 0) is 36.6 Å². The fraction of sp³-hybridized carbons (Fsp3) is 0.200. The van der Waals surface area contributed by atoms with E-state index in [9.17, 15) is 14.9 Å². The van der Waals surface area contributed by atoms with Gasteiger partial charge < -0.3 is 10.5 Å². The van der Waals surface area contributed by atoms with Crippen LogP contribution in [-0.4, -0.2) is 23.0 Å². The number of pyridine rings is 1. The van der Waals surface area contributed by atoms with E-state index >= 15 is 0 Å². The van der Waals surface area contributed by atoms with Gasteiger partial charge in [-0.15, -0.1) is 0 Å². The minimum Gasteiger partial charge on any atom is -0.465 e. The van der Waals surface area contributed by atoms with Gasteiger partial charge in [0.2, 0.25) is 5.82 Å². The number of aromatic nitrogens is 1. The van der Waals surface area contributed by atoms with Gasteiger partial charge in [-0.1, -0.05) is 12.1 Å². The van der Waals surface area contributed by atoms with Crippen LogP contribution in [0.4, 0.5) is 11.5 Å². The van der Waals surface area contributed by atoms with Crippen LogP contribution in [0.15, 0.2) is 36.4 Å². The van der Waals surface area contributed by atoms with Gasteiger partial charge in [-0.2, -0.15) is 0 Å². The smallest absolute Gasteiger partial charge is 0.337 e. The van der Waals surface area contributed by atoms with Gasteiger partial charge in [-0.25, -0.2) is 9.78 Å². The highest BCUT2D eigenvalue weighted by atomic mass is 16.6. The van der Waals surface area contributed by atoms with Gasteiger partial charge in [-0.3, -0.25) is 10.1 Å². The van der Waals surface area contributed by atoms with Gasteiger partial charge in [0, 0.05) is 11.8 Å². The lowest BCUT2D eigenvalue weighted by atomic mass is 10.1. The van der Waals surface area contributed by atoms with E-state index in [1.165, 1.54) is 13.2 Å². The van der Waals surface area contributed by atoms with Crippen LogP contribution in [0.3, 0.4) is 0 Å². The van der Waals surface area contributed by atoms with Gasteiger partial charge in [0.15, 0.2) is 0 Å². The SMILES string of the molecule is COC(=O)c1ccc(CCc2ccc([N+](=O)[O-])c(N)n2)cc1. The first-order valence-corrected chi connectivity index (χ1v) is 6.58. The number of ether oxygens (including phenoxy) is 1. The number of anilines is 1. The number of rotatable bonds is 5. The van der Waals surface area contributed by atoms with E-state index in [0.717, 1.165) is 5.56 Å². The van der Waals surface area contributed by atoms with Crippen molar-refractivity contribution in [1.82, 2.24) is 4.98 Å². The maximum Gasteiger partial charge on any atom is 0.337 e. The molecule has 0 aliphatic carbocycles. The van der Waals surface area contributed by atoms with Gasteiger partial charge in [0.1, 0.15) is 0 Å². The summed E-state index contributed by atoms with van der Waals surface area (Å²) in [7, 11) is 1.33. The normalized spacial score (nSPS) is 10.2. The average Bonchev–Trinajstić information content (AvgIpc) is 2.52. The molecule has 0 radical (unpaired) electrons. The number of esters is 1. The molecule has 0 amide bonds. The average molecular weight is 301 g/mol. The summed E-state index contributed by atoms with van der Waals surface area (Å²) in [6.45, 7) is 0. The van der Waals surface area contributed by atoms with Gasteiger partial charge in [0.05, 0.1) is 17.6 Å². The molecule has 1 aromatic heterocycles. The van der Waals surface area contributed by atoms with Gasteiger partial charge in [0.25, 0.3) is 0 Å². The molecule has 2 aromatic rings. The van der Waals surface area contributed by atoms with Crippen LogP contribution in [0.1, 0.15) is 21.6 Å². The molecule has 22 heavy (non-hydrogen) atoms. The summed E-state index contributed by atoms with van der Waals surface area (Å²) in [5, 5.41) is 10.7. The number of aryl methyl sites for hydroxylation is 2. The Hall–Kier alpha value is -2.96. The lowest BCUT2D eigenvalue weighted by Crippen LogP contribution is -2.03. The van der Waals surface area contributed by atoms with E-state index in [1.54, 1.807) is 18.2 Å². The number of methoxy groups -OCH3 is 1. The standard InChI is InChI=1S/C15H15N3O4/c1-22-15(19)11-5-2-10(3-6-11)4-7-12-8-9-13(18(20)21)14(16)17-12/h2-3,5-6,8-9H,4,7H2,1H3,(H2,16,17). The zero-order chi connectivity index (χ0) is 16.1. The molecule has 0 fully saturated rings. The molecular weight excluding hydrogens is 286 g/mol. The third kappa shape index (κ3) is 3.57. The third-order valence-corrected chi connectivity index (χ3v) is 3.20. The highest BCUT2D eigenvalue weighted by molar-refractivity contribution is 5.89. The Morgan fingerprint density at radius 3 is 2.45 bits per heavy atom. The first-order valence-electron chi connectivity index (χ1n) is 6.58. The Balaban J connectivity index is 2.02. The van der Waals surface area contributed by atoms with E-state index in [0.29, 0.717) is 24.1 Å². The van der Waals surface area contributed by atoms with Crippen molar-refractivity contribution in [3.05, 3.63) is 63.3 Å². The lowest BCUT2D eigenvalue weighted by Gasteiger charge is -2.04. The molecular formula is C15H15N3O4. The Morgan fingerprint density at radius 2 is 1.91 bits per heavy atom. The molecule has 0 aliphatic heterocycles. The number of nitrogen functional groups attached to an aromatic ring is 1. The fourth-order valence-electron chi connectivity index (χ4n) is 2.00. The fourth-order valence-corrected chi connectivity index (χ4v) is 2.00. The summed E-state index contributed by atoms with van der Waals surface area (Å²) in [6, 6.07) is 10.0. The van der Waals surface area contributed by atoms with Crippen LogP contribution in [-0.2, 0) is 17.6 Å². The molecule has 0 unspecified atom stereocenters. The van der Waals surface area contributed by atoms with Crippen LogP contribution in [0.5, 0.6) is 0 Å². The zero-order valence-electron chi connectivity index (χ0n) is 12.0. The van der Waals surface area contributed by atoms with Crippen LogP contribution in [0.25, 0.3) is 0 Å². The largest absolute Gasteiger partial charge is 0.465 e. The van der Waals surface area contributed by atoms with Crippen LogP contribution in [0.2, 0.25) is 0 Å². The van der Waals surface area contributed by atoms with Crippen molar-refractivity contribution in [2.45, 2.75) is 12.8 Å². The first kappa shape index (κ1) is 15.4. The highest BCUT2D eigenvalue weighted by Crippen LogP contribution is 2.19. The molecule has 0 bridgehead atoms. The van der Waals surface area contributed by atoms with Gasteiger partial charge >= 0.3 is 11.7 Å². The number of carbonyl (C=O) groups is 1. The molecule has 7 heteroatoms. The van der Waals surface area contributed by atoms with E-state index in [-0.39, 0.29) is 17.5 Å². The van der Waals surface area contributed by atoms with E-state index < -0.39 is 4.92 Å². The molecule has 114 valence electrons. The van der Waals surface area contributed by atoms with Crippen molar-refractivity contribution in [3.63, 3.8) is 0 Å². The quantitative estimate of drug-likeness (QED) is 0.515. The van der Waals surface area contributed by atoms with Crippen molar-refractivity contribution < 1.29 is 14.5 Å². The summed E-state index contributed by atoms with van der Waals surface area (Å²) in [4.78, 5) is 25.5. The second kappa shape index (κ2) is 6.66. The van der Waals surface area contributed by atoms with Crippen LogP contribution >= 0.6 is 0 Å². The number of benzene rings is 1. The molecule has 2 rings (SSSR count). The Bertz CT molecular complexity index is 698. The second-order valence-corrected chi connectivity index (χ2v) is 4.65. The molecule has 7 nitrogen and oxygen atoms in total. The number of nitrogens with two attached hydrogens (primary N) is 1. The molecule has 1 heterocycles. The van der Waals surface area contributed by atoms with Crippen molar-refractivity contribution in [1.29, 1.82) is 0 Å². The van der Waals surface area contributed by atoms with Crippen molar-refractivity contribution in [2.75, 3.05) is 12.8 Å². The Morgan fingerprint density at radius 1 is 1.23 bits per heavy atom. The number of carbonyl (C=O) groups excluding carboxylic acids is 1. The van der Waals surface area contributed by atoms with Crippen molar-refractivity contribution in [3.8, 4) is 0 Å². The zero-order valence-corrected chi connectivity index (χ0v) is 12.0. The summed E-state index contributed by atoms with van der Waals surface area (Å²) < 4.78 is 4.63. The molecule has 0 saturated carbocycles. The minimum absolute atomic E-state index is 0.0801. The number of nitro groups is 1. The molecule has 0 atom stereocenters. The predicted octanol–water partition coefficient (Wildman–Crippen LogP) is 2.14. The van der Waals surface area contributed by atoms with E-state index in [4.69, 9.17) is 5.73 Å². The summed E-state index contributed by atoms with van der Waals surface area (Å²) in [6.07, 6.45) is 1.28. The maximum absolute atomic E-state index is 11.3. The molecule has 0 saturated heterocycles. The van der Waals surface area contributed by atoms with E-state index in [2.05, 4.69) is 9.72 Å². The number of nitrogens with zero attached hydrogens (tertiary/aromatic N) is 2. The number of hydrogen-bond acceptors (Lipinski definition) is 6. The molecule has 2 N–H and O–H groups in total. The monoisotopic (exact) mass is 301 g/mol. The highest BCUT2D eigenvalue weighted by Gasteiger charge is 2.12. The third-order valence-electron chi connectivity index (χ3n) is 3.20. The van der Waals surface area contributed by atoms with Crippen LogP contribution in [0, 0.1) is 10.1 Å². The lowest BCUT2D eigenvalue weighted by molar-refractivity contribution is -0.384.